The molecule has 2 aromatic rings. The van der Waals surface area contributed by atoms with Gasteiger partial charge in [0.25, 0.3) is 5.91 Å². The van der Waals surface area contributed by atoms with Gasteiger partial charge < -0.3 is 20.1 Å². The number of likely N-dealkylation sites (tertiary alicyclic amines) is 1. The van der Waals surface area contributed by atoms with Crippen LogP contribution in [0.4, 0.5) is 5.82 Å². The lowest BCUT2D eigenvalue weighted by molar-refractivity contribution is -0.114. The molecule has 1 saturated heterocycles. The third-order valence-electron chi connectivity index (χ3n) is 4.16. The van der Waals surface area contributed by atoms with Crippen molar-refractivity contribution in [2.45, 2.75) is 25.9 Å². The van der Waals surface area contributed by atoms with E-state index < -0.39 is 0 Å². The molecule has 3 rings (SSSR count). The van der Waals surface area contributed by atoms with Crippen LogP contribution in [0.5, 0.6) is 11.5 Å². The number of nitrogens with one attached hydrogen (secondary N) is 1. The van der Waals surface area contributed by atoms with Gasteiger partial charge in [-0.2, -0.15) is 0 Å². The number of carbonyl (C=O) groups excluding carboxylic acids is 2. The van der Waals surface area contributed by atoms with E-state index in [1.54, 1.807) is 41.3 Å². The molecular formula is C19H21N3O4. The number of benzene rings is 1. The van der Waals surface area contributed by atoms with E-state index in [9.17, 15) is 14.7 Å². The zero-order valence-corrected chi connectivity index (χ0v) is 14.5. The Bertz CT molecular complexity index is 801. The van der Waals surface area contributed by atoms with Gasteiger partial charge in [-0.3, -0.25) is 9.59 Å². The number of phenols is 1. The third-order valence-corrected chi connectivity index (χ3v) is 4.16. The molecule has 136 valence electrons. The van der Waals surface area contributed by atoms with Crippen LogP contribution in [0.2, 0.25) is 0 Å². The minimum absolute atomic E-state index is 0.00762. The lowest BCUT2D eigenvalue weighted by Crippen LogP contribution is -2.41. The van der Waals surface area contributed by atoms with Gasteiger partial charge >= 0.3 is 0 Å². The fourth-order valence-corrected chi connectivity index (χ4v) is 2.92. The number of hydrogen-bond donors (Lipinski definition) is 2. The van der Waals surface area contributed by atoms with Crippen LogP contribution >= 0.6 is 0 Å². The maximum absolute atomic E-state index is 12.7. The van der Waals surface area contributed by atoms with Crippen molar-refractivity contribution in [3.05, 3.63) is 48.2 Å². The number of hydrogen-bond acceptors (Lipinski definition) is 5. The number of pyridine rings is 1. The molecule has 0 bridgehead atoms. The first kappa shape index (κ1) is 17.7. The van der Waals surface area contributed by atoms with Gasteiger partial charge in [-0.05, 0) is 24.3 Å². The maximum Gasteiger partial charge on any atom is 0.254 e. The fourth-order valence-electron chi connectivity index (χ4n) is 2.92. The second-order valence-electron chi connectivity index (χ2n) is 6.22. The predicted octanol–water partition coefficient (Wildman–Crippen LogP) is 2.43. The van der Waals surface area contributed by atoms with Gasteiger partial charge in [-0.1, -0.05) is 6.07 Å². The van der Waals surface area contributed by atoms with Crippen molar-refractivity contribution in [2.24, 2.45) is 0 Å². The minimum atomic E-state index is -0.230. The summed E-state index contributed by atoms with van der Waals surface area (Å²) >= 11 is 0. The summed E-state index contributed by atoms with van der Waals surface area (Å²) in [4.78, 5) is 29.6. The molecule has 2 N–H and O–H groups in total. The Morgan fingerprint density at radius 3 is 2.69 bits per heavy atom. The summed E-state index contributed by atoms with van der Waals surface area (Å²) in [6.07, 6.45) is 2.94. The number of aromatic hydroxyl groups is 1. The summed E-state index contributed by atoms with van der Waals surface area (Å²) in [5.74, 6) is 0.846. The zero-order valence-electron chi connectivity index (χ0n) is 14.5. The van der Waals surface area contributed by atoms with E-state index in [2.05, 4.69) is 10.3 Å². The lowest BCUT2D eigenvalue weighted by atomic mass is 10.1. The number of phenolic OH excluding ortho intramolecular Hbond substituents is 1. The van der Waals surface area contributed by atoms with Crippen LogP contribution in [0, 0.1) is 0 Å². The van der Waals surface area contributed by atoms with Gasteiger partial charge in [0.2, 0.25) is 5.91 Å². The van der Waals surface area contributed by atoms with Gasteiger partial charge in [0.15, 0.2) is 0 Å². The van der Waals surface area contributed by atoms with Crippen LogP contribution in [-0.4, -0.2) is 46.0 Å². The highest BCUT2D eigenvalue weighted by molar-refractivity contribution is 5.96. The summed E-state index contributed by atoms with van der Waals surface area (Å²) in [6, 6.07) is 9.94. The fraction of sp³-hybridized carbons (Fsp3) is 0.316. The Morgan fingerprint density at radius 1 is 1.23 bits per heavy atom. The molecule has 1 fully saturated rings. The number of nitrogens with zero attached hydrogens (tertiary/aromatic N) is 2. The highest BCUT2D eigenvalue weighted by atomic mass is 16.5. The standard InChI is InChI=1S/C19H21N3O4/c1-13(23)21-18-11-14(5-8-20-18)19(25)22-9-6-16(7-10-22)26-17-4-2-3-15(24)12-17/h2-5,8,11-12,16,24H,6-7,9-10H2,1H3,(H,20,21,23). The molecule has 0 atom stereocenters. The summed E-state index contributed by atoms with van der Waals surface area (Å²) < 4.78 is 5.88. The van der Waals surface area contributed by atoms with Crippen molar-refractivity contribution in [1.82, 2.24) is 9.88 Å². The predicted molar refractivity (Wildman–Crippen MR) is 96.2 cm³/mol. The van der Waals surface area contributed by atoms with Crippen LogP contribution in [0.3, 0.4) is 0 Å². The van der Waals surface area contributed by atoms with E-state index >= 15 is 0 Å². The minimum Gasteiger partial charge on any atom is -0.508 e. The van der Waals surface area contributed by atoms with E-state index in [0.29, 0.717) is 43.1 Å². The Labute approximate surface area is 151 Å². The molecule has 0 aliphatic carbocycles. The average molecular weight is 355 g/mol. The molecule has 1 aliphatic rings. The van der Waals surface area contributed by atoms with Gasteiger partial charge in [0.05, 0.1) is 0 Å². The van der Waals surface area contributed by atoms with Crippen molar-refractivity contribution < 1.29 is 19.4 Å². The smallest absolute Gasteiger partial charge is 0.254 e. The number of anilines is 1. The highest BCUT2D eigenvalue weighted by Gasteiger charge is 2.25. The topological polar surface area (TPSA) is 91.8 Å². The summed E-state index contributed by atoms with van der Waals surface area (Å²) in [5, 5.41) is 12.1. The zero-order chi connectivity index (χ0) is 18.5. The van der Waals surface area contributed by atoms with Gasteiger partial charge in [0.1, 0.15) is 23.4 Å². The normalized spacial score (nSPS) is 14.7. The summed E-state index contributed by atoms with van der Waals surface area (Å²) in [6.45, 7) is 2.56. The molecule has 1 aromatic heterocycles. The maximum atomic E-state index is 12.7. The number of amides is 2. The highest BCUT2D eigenvalue weighted by Crippen LogP contribution is 2.23. The Morgan fingerprint density at radius 2 is 2.00 bits per heavy atom. The quantitative estimate of drug-likeness (QED) is 0.879. The number of ether oxygens (including phenoxy) is 1. The summed E-state index contributed by atoms with van der Waals surface area (Å²) in [7, 11) is 0. The van der Waals surface area contributed by atoms with Crippen LogP contribution < -0.4 is 10.1 Å². The molecule has 0 unspecified atom stereocenters. The molecular weight excluding hydrogens is 334 g/mol. The summed E-state index contributed by atoms with van der Waals surface area (Å²) in [5.41, 5.74) is 0.496. The Balaban J connectivity index is 1.57. The second-order valence-corrected chi connectivity index (χ2v) is 6.22. The molecule has 0 radical (unpaired) electrons. The SMILES string of the molecule is CC(=O)Nc1cc(C(=O)N2CCC(Oc3cccc(O)c3)CC2)ccn1. The molecule has 26 heavy (non-hydrogen) atoms. The molecule has 0 saturated carbocycles. The van der Waals surface area contributed by atoms with E-state index in [1.165, 1.54) is 13.1 Å². The van der Waals surface area contributed by atoms with Crippen molar-refractivity contribution >= 4 is 17.6 Å². The Hall–Kier alpha value is -3.09. The first-order valence-electron chi connectivity index (χ1n) is 8.50. The van der Waals surface area contributed by atoms with Crippen LogP contribution in [0.1, 0.15) is 30.1 Å². The lowest BCUT2D eigenvalue weighted by Gasteiger charge is -2.32. The monoisotopic (exact) mass is 355 g/mol. The molecule has 0 spiro atoms. The van der Waals surface area contributed by atoms with Gasteiger partial charge in [-0.25, -0.2) is 4.98 Å². The van der Waals surface area contributed by atoms with Crippen molar-refractivity contribution in [3.8, 4) is 11.5 Å². The van der Waals surface area contributed by atoms with Crippen molar-refractivity contribution in [3.63, 3.8) is 0 Å². The Kier molecular flexibility index (Phi) is 5.36. The number of rotatable bonds is 4. The van der Waals surface area contributed by atoms with Gasteiger partial charge in [-0.15, -0.1) is 0 Å². The van der Waals surface area contributed by atoms with E-state index in [0.717, 1.165) is 0 Å². The molecule has 7 nitrogen and oxygen atoms in total. The van der Waals surface area contributed by atoms with Gasteiger partial charge in [0, 0.05) is 50.7 Å². The van der Waals surface area contributed by atoms with Crippen molar-refractivity contribution in [2.75, 3.05) is 18.4 Å². The van der Waals surface area contributed by atoms with Crippen molar-refractivity contribution in [1.29, 1.82) is 0 Å². The molecule has 2 heterocycles. The van der Waals surface area contributed by atoms with E-state index in [4.69, 9.17) is 4.74 Å². The molecule has 1 aromatic carbocycles. The molecule has 7 heteroatoms. The third kappa shape index (κ3) is 4.50. The largest absolute Gasteiger partial charge is 0.508 e. The first-order valence-corrected chi connectivity index (χ1v) is 8.50. The number of piperidine rings is 1. The molecule has 1 aliphatic heterocycles. The average Bonchev–Trinajstić information content (AvgIpc) is 2.61. The molecule has 2 amide bonds. The first-order chi connectivity index (χ1) is 12.5. The van der Waals surface area contributed by atoms with Crippen LogP contribution in [0.15, 0.2) is 42.6 Å². The number of carbonyl (C=O) groups is 2. The van der Waals surface area contributed by atoms with Crippen LogP contribution in [0.25, 0.3) is 0 Å². The second kappa shape index (κ2) is 7.86. The van der Waals surface area contributed by atoms with E-state index in [1.807, 2.05) is 0 Å². The number of aromatic nitrogens is 1. The van der Waals surface area contributed by atoms with E-state index in [-0.39, 0.29) is 23.7 Å². The van der Waals surface area contributed by atoms with Crippen LogP contribution in [-0.2, 0) is 4.79 Å².